The lowest BCUT2D eigenvalue weighted by Gasteiger charge is -2.33. The molecule has 0 aliphatic carbocycles. The van der Waals surface area contributed by atoms with Gasteiger partial charge in [0.2, 0.25) is 5.91 Å². The monoisotopic (exact) mass is 313 g/mol. The molecule has 5 nitrogen and oxygen atoms in total. The molecule has 1 aromatic carbocycles. The molecule has 0 saturated carbocycles. The standard InChI is InChI=1S/C18H23N3O2/c1-20(13-17-9-10-19-23-17)18(22)14-21-11-5-8-16(12-21)15-6-3-2-4-7-15/h2-4,6-7,9-10,16H,5,8,11-14H2,1H3/t16-/m1/s1. The minimum Gasteiger partial charge on any atom is -0.360 e. The van der Waals surface area contributed by atoms with Gasteiger partial charge in [-0.25, -0.2) is 0 Å². The molecule has 122 valence electrons. The topological polar surface area (TPSA) is 49.6 Å². The number of benzene rings is 1. The molecule has 0 spiro atoms. The molecule has 1 aliphatic rings. The van der Waals surface area contributed by atoms with E-state index in [-0.39, 0.29) is 5.91 Å². The fourth-order valence-electron chi connectivity index (χ4n) is 3.15. The van der Waals surface area contributed by atoms with E-state index in [0.29, 0.717) is 24.8 Å². The molecule has 1 saturated heterocycles. The highest BCUT2D eigenvalue weighted by Gasteiger charge is 2.23. The second kappa shape index (κ2) is 7.42. The summed E-state index contributed by atoms with van der Waals surface area (Å²) in [4.78, 5) is 16.4. The van der Waals surface area contributed by atoms with E-state index < -0.39 is 0 Å². The minimum atomic E-state index is 0.120. The molecule has 0 bridgehead atoms. The maximum absolute atomic E-state index is 12.4. The van der Waals surface area contributed by atoms with Gasteiger partial charge < -0.3 is 9.42 Å². The van der Waals surface area contributed by atoms with Gasteiger partial charge in [-0.15, -0.1) is 0 Å². The van der Waals surface area contributed by atoms with Crippen LogP contribution >= 0.6 is 0 Å². The molecule has 1 atom stereocenters. The van der Waals surface area contributed by atoms with E-state index in [2.05, 4.69) is 34.3 Å². The Bertz CT molecular complexity index is 612. The van der Waals surface area contributed by atoms with Gasteiger partial charge in [-0.1, -0.05) is 35.5 Å². The molecule has 3 rings (SSSR count). The first-order valence-corrected chi connectivity index (χ1v) is 8.13. The lowest BCUT2D eigenvalue weighted by Crippen LogP contribution is -2.42. The Kier molecular flexibility index (Phi) is 5.08. The summed E-state index contributed by atoms with van der Waals surface area (Å²) in [5, 5.41) is 3.67. The number of amides is 1. The Balaban J connectivity index is 1.54. The van der Waals surface area contributed by atoms with Crippen LogP contribution in [0.2, 0.25) is 0 Å². The highest BCUT2D eigenvalue weighted by atomic mass is 16.5. The van der Waals surface area contributed by atoms with Crippen LogP contribution in [0.3, 0.4) is 0 Å². The number of likely N-dealkylation sites (tertiary alicyclic amines) is 1. The number of carbonyl (C=O) groups excluding carboxylic acids is 1. The lowest BCUT2D eigenvalue weighted by atomic mass is 9.91. The van der Waals surface area contributed by atoms with Gasteiger partial charge in [-0.05, 0) is 30.9 Å². The first-order valence-electron chi connectivity index (χ1n) is 8.13. The van der Waals surface area contributed by atoms with E-state index in [1.807, 2.05) is 13.1 Å². The van der Waals surface area contributed by atoms with Gasteiger partial charge in [0.05, 0.1) is 19.3 Å². The Labute approximate surface area is 136 Å². The maximum atomic E-state index is 12.4. The predicted molar refractivity (Wildman–Crippen MR) is 87.8 cm³/mol. The molecule has 23 heavy (non-hydrogen) atoms. The van der Waals surface area contributed by atoms with Crippen molar-refractivity contribution in [3.05, 3.63) is 53.9 Å². The smallest absolute Gasteiger partial charge is 0.236 e. The summed E-state index contributed by atoms with van der Waals surface area (Å²) in [6, 6.07) is 12.4. The van der Waals surface area contributed by atoms with E-state index in [0.717, 1.165) is 19.5 Å². The number of hydrogen-bond donors (Lipinski definition) is 0. The Hall–Kier alpha value is -2.14. The largest absolute Gasteiger partial charge is 0.360 e. The fourth-order valence-corrected chi connectivity index (χ4v) is 3.15. The summed E-state index contributed by atoms with van der Waals surface area (Å²) < 4.78 is 5.06. The SMILES string of the molecule is CN(Cc1ccno1)C(=O)CN1CCC[C@@H](c2ccccc2)C1. The number of rotatable bonds is 5. The van der Waals surface area contributed by atoms with Crippen molar-refractivity contribution < 1.29 is 9.32 Å². The van der Waals surface area contributed by atoms with Gasteiger partial charge in [-0.3, -0.25) is 9.69 Å². The first kappa shape index (κ1) is 15.7. The average Bonchev–Trinajstić information content (AvgIpc) is 3.09. The van der Waals surface area contributed by atoms with Crippen LogP contribution in [-0.4, -0.2) is 47.5 Å². The molecule has 0 unspecified atom stereocenters. The van der Waals surface area contributed by atoms with E-state index in [4.69, 9.17) is 4.52 Å². The van der Waals surface area contributed by atoms with Gasteiger partial charge in [0, 0.05) is 19.7 Å². The molecular weight excluding hydrogens is 290 g/mol. The van der Waals surface area contributed by atoms with E-state index in [1.54, 1.807) is 17.2 Å². The third-order valence-electron chi connectivity index (χ3n) is 4.45. The third-order valence-corrected chi connectivity index (χ3v) is 4.45. The van der Waals surface area contributed by atoms with Crippen molar-refractivity contribution in [2.24, 2.45) is 0 Å². The molecule has 1 aromatic heterocycles. The Morgan fingerprint density at radius 1 is 1.35 bits per heavy atom. The molecule has 1 amide bonds. The minimum absolute atomic E-state index is 0.120. The van der Waals surface area contributed by atoms with Crippen LogP contribution in [0.15, 0.2) is 47.1 Å². The zero-order valence-electron chi connectivity index (χ0n) is 13.5. The van der Waals surface area contributed by atoms with E-state index in [1.165, 1.54) is 12.0 Å². The number of hydrogen-bond acceptors (Lipinski definition) is 4. The maximum Gasteiger partial charge on any atom is 0.236 e. The molecule has 1 fully saturated rings. The summed E-state index contributed by atoms with van der Waals surface area (Å²) in [6.07, 6.45) is 3.93. The van der Waals surface area contributed by atoms with Crippen LogP contribution in [0.4, 0.5) is 0 Å². The second-order valence-corrected chi connectivity index (χ2v) is 6.21. The number of piperidine rings is 1. The van der Waals surface area contributed by atoms with Gasteiger partial charge in [0.25, 0.3) is 0 Å². The predicted octanol–water partition coefficient (Wildman–Crippen LogP) is 2.51. The zero-order valence-corrected chi connectivity index (χ0v) is 13.5. The average molecular weight is 313 g/mol. The van der Waals surface area contributed by atoms with E-state index >= 15 is 0 Å². The van der Waals surface area contributed by atoms with Crippen molar-refractivity contribution in [3.8, 4) is 0 Å². The van der Waals surface area contributed by atoms with Gasteiger partial charge in [-0.2, -0.15) is 0 Å². The van der Waals surface area contributed by atoms with Crippen LogP contribution in [0.25, 0.3) is 0 Å². The van der Waals surface area contributed by atoms with Crippen LogP contribution < -0.4 is 0 Å². The summed E-state index contributed by atoms with van der Waals surface area (Å²) in [5.41, 5.74) is 1.37. The number of nitrogens with zero attached hydrogens (tertiary/aromatic N) is 3. The summed E-state index contributed by atoms with van der Waals surface area (Å²) in [5.74, 6) is 1.36. The quantitative estimate of drug-likeness (QED) is 0.851. The summed E-state index contributed by atoms with van der Waals surface area (Å²) >= 11 is 0. The van der Waals surface area contributed by atoms with Crippen molar-refractivity contribution in [1.29, 1.82) is 0 Å². The number of carbonyl (C=O) groups is 1. The Morgan fingerprint density at radius 2 is 2.17 bits per heavy atom. The van der Waals surface area contributed by atoms with Gasteiger partial charge >= 0.3 is 0 Å². The van der Waals surface area contributed by atoms with Crippen molar-refractivity contribution in [2.75, 3.05) is 26.7 Å². The fraction of sp³-hybridized carbons (Fsp3) is 0.444. The second-order valence-electron chi connectivity index (χ2n) is 6.21. The normalized spacial score (nSPS) is 18.7. The lowest BCUT2D eigenvalue weighted by molar-refractivity contribution is -0.132. The van der Waals surface area contributed by atoms with Crippen molar-refractivity contribution in [2.45, 2.75) is 25.3 Å². The molecule has 0 radical (unpaired) electrons. The molecule has 1 aliphatic heterocycles. The van der Waals surface area contributed by atoms with Crippen molar-refractivity contribution in [3.63, 3.8) is 0 Å². The third kappa shape index (κ3) is 4.20. The molecule has 2 heterocycles. The highest BCUT2D eigenvalue weighted by Crippen LogP contribution is 2.26. The highest BCUT2D eigenvalue weighted by molar-refractivity contribution is 5.77. The number of aromatic nitrogens is 1. The first-order chi connectivity index (χ1) is 11.2. The van der Waals surface area contributed by atoms with Gasteiger partial charge in [0.1, 0.15) is 0 Å². The van der Waals surface area contributed by atoms with E-state index in [9.17, 15) is 4.79 Å². The van der Waals surface area contributed by atoms with Crippen molar-refractivity contribution >= 4 is 5.91 Å². The molecule has 5 heteroatoms. The van der Waals surface area contributed by atoms with Crippen molar-refractivity contribution in [1.82, 2.24) is 15.0 Å². The molecule has 2 aromatic rings. The van der Waals surface area contributed by atoms with Crippen LogP contribution in [-0.2, 0) is 11.3 Å². The van der Waals surface area contributed by atoms with Crippen LogP contribution in [0.5, 0.6) is 0 Å². The molecular formula is C18H23N3O2. The van der Waals surface area contributed by atoms with Gasteiger partial charge in [0.15, 0.2) is 5.76 Å². The summed E-state index contributed by atoms with van der Waals surface area (Å²) in [7, 11) is 1.81. The van der Waals surface area contributed by atoms with Crippen LogP contribution in [0, 0.1) is 0 Å². The summed E-state index contributed by atoms with van der Waals surface area (Å²) in [6.45, 7) is 2.87. The number of likely N-dealkylation sites (N-methyl/N-ethyl adjacent to an activating group) is 1. The molecule has 0 N–H and O–H groups in total. The van der Waals surface area contributed by atoms with Crippen LogP contribution in [0.1, 0.15) is 30.1 Å². The zero-order chi connectivity index (χ0) is 16.1. The Morgan fingerprint density at radius 3 is 2.91 bits per heavy atom.